The van der Waals surface area contributed by atoms with Crippen LogP contribution in [0.15, 0.2) is 66.9 Å². The Hall–Kier alpha value is -2.80. The van der Waals surface area contributed by atoms with Gasteiger partial charge in [-0.3, -0.25) is 4.98 Å². The van der Waals surface area contributed by atoms with E-state index < -0.39 is 5.60 Å². The Morgan fingerprint density at radius 3 is 2.83 bits per heavy atom. The molecule has 156 valence electrons. The molecule has 0 bridgehead atoms. The minimum Gasteiger partial charge on any atom is -0.379 e. The highest BCUT2D eigenvalue weighted by molar-refractivity contribution is 5.44. The maximum atomic E-state index is 13.8. The standard InChI is InChI=1S/C24H24FNO4/c1-2-28-16-21-14-18-13-19(9-10-22(18)30-29-21)24(27,23-8-3-4-11-26-23)15-17-6-5-7-20(25)12-17/h3-13,21,27H,2,14-16H2,1H3. The zero-order valence-electron chi connectivity index (χ0n) is 16.8. The highest BCUT2D eigenvalue weighted by Crippen LogP contribution is 2.36. The van der Waals surface area contributed by atoms with Crippen molar-refractivity contribution < 1.29 is 24.0 Å². The van der Waals surface area contributed by atoms with Crippen LogP contribution in [0, 0.1) is 5.82 Å². The van der Waals surface area contributed by atoms with Gasteiger partial charge in [-0.15, -0.1) is 0 Å². The number of hydrogen-bond acceptors (Lipinski definition) is 5. The summed E-state index contributed by atoms with van der Waals surface area (Å²) in [7, 11) is 0. The number of aliphatic hydroxyl groups is 1. The number of hydrogen-bond donors (Lipinski definition) is 1. The second-order valence-corrected chi connectivity index (χ2v) is 7.37. The van der Waals surface area contributed by atoms with Gasteiger partial charge in [0.15, 0.2) is 5.75 Å². The molecule has 2 unspecified atom stereocenters. The molecule has 6 heteroatoms. The third-order valence-corrected chi connectivity index (χ3v) is 5.21. The molecule has 1 aliphatic rings. The number of halogens is 1. The zero-order valence-corrected chi connectivity index (χ0v) is 16.8. The Labute approximate surface area is 175 Å². The van der Waals surface area contributed by atoms with Crippen LogP contribution in [0.2, 0.25) is 0 Å². The number of ether oxygens (including phenoxy) is 1. The van der Waals surface area contributed by atoms with Gasteiger partial charge in [0.05, 0.1) is 12.3 Å². The first-order valence-electron chi connectivity index (χ1n) is 10.0. The molecule has 2 atom stereocenters. The summed E-state index contributed by atoms with van der Waals surface area (Å²) in [4.78, 5) is 15.2. The second-order valence-electron chi connectivity index (χ2n) is 7.37. The summed E-state index contributed by atoms with van der Waals surface area (Å²) in [6.45, 7) is 2.95. The van der Waals surface area contributed by atoms with E-state index in [0.717, 1.165) is 5.56 Å². The Kier molecular flexibility index (Phi) is 6.08. The van der Waals surface area contributed by atoms with Gasteiger partial charge in [-0.1, -0.05) is 24.3 Å². The van der Waals surface area contributed by atoms with Crippen molar-refractivity contribution >= 4 is 0 Å². The Morgan fingerprint density at radius 1 is 1.17 bits per heavy atom. The summed E-state index contributed by atoms with van der Waals surface area (Å²) in [6, 6.07) is 17.1. The van der Waals surface area contributed by atoms with Gasteiger partial charge in [-0.05, 0) is 54.4 Å². The summed E-state index contributed by atoms with van der Waals surface area (Å²) >= 11 is 0. The third kappa shape index (κ3) is 4.36. The topological polar surface area (TPSA) is 60.8 Å². The van der Waals surface area contributed by atoms with Crippen molar-refractivity contribution in [3.05, 3.63) is 95.1 Å². The maximum Gasteiger partial charge on any atom is 0.168 e. The number of fused-ring (bicyclic) bond motifs is 1. The van der Waals surface area contributed by atoms with E-state index in [0.29, 0.717) is 42.2 Å². The molecule has 1 aliphatic heterocycles. The number of pyridine rings is 1. The predicted octanol–water partition coefficient (Wildman–Crippen LogP) is 3.97. The average molecular weight is 409 g/mol. The molecule has 2 aromatic carbocycles. The first-order valence-corrected chi connectivity index (χ1v) is 10.0. The normalized spacial score (nSPS) is 17.6. The van der Waals surface area contributed by atoms with Gasteiger partial charge in [0.25, 0.3) is 0 Å². The first-order chi connectivity index (χ1) is 14.6. The smallest absolute Gasteiger partial charge is 0.168 e. The van der Waals surface area contributed by atoms with E-state index in [9.17, 15) is 9.50 Å². The Balaban J connectivity index is 1.71. The molecule has 1 N–H and O–H groups in total. The fraction of sp³-hybridized carbons (Fsp3) is 0.292. The molecule has 0 aliphatic carbocycles. The molecule has 0 fully saturated rings. The molecule has 0 radical (unpaired) electrons. The van der Waals surface area contributed by atoms with Crippen molar-refractivity contribution in [2.24, 2.45) is 0 Å². The highest BCUT2D eigenvalue weighted by Gasteiger charge is 2.35. The molecule has 30 heavy (non-hydrogen) atoms. The Bertz CT molecular complexity index is 998. The van der Waals surface area contributed by atoms with Gasteiger partial charge in [-0.2, -0.15) is 4.89 Å². The lowest BCUT2D eigenvalue weighted by Crippen LogP contribution is -2.33. The van der Waals surface area contributed by atoms with Crippen LogP contribution in [0.1, 0.15) is 29.3 Å². The predicted molar refractivity (Wildman–Crippen MR) is 109 cm³/mol. The van der Waals surface area contributed by atoms with Crippen LogP contribution in [0.3, 0.4) is 0 Å². The molecule has 5 nitrogen and oxygen atoms in total. The van der Waals surface area contributed by atoms with Crippen LogP contribution in [-0.4, -0.2) is 29.4 Å². The van der Waals surface area contributed by atoms with E-state index in [2.05, 4.69) is 4.98 Å². The third-order valence-electron chi connectivity index (χ3n) is 5.21. The number of nitrogens with zero attached hydrogens (tertiary/aromatic N) is 1. The molecule has 0 saturated heterocycles. The summed E-state index contributed by atoms with van der Waals surface area (Å²) in [5.41, 5.74) is 1.31. The lowest BCUT2D eigenvalue weighted by molar-refractivity contribution is -0.264. The van der Waals surface area contributed by atoms with Crippen molar-refractivity contribution in [3.63, 3.8) is 0 Å². The molecule has 2 heterocycles. The van der Waals surface area contributed by atoms with Crippen molar-refractivity contribution in [1.82, 2.24) is 4.98 Å². The van der Waals surface area contributed by atoms with E-state index in [-0.39, 0.29) is 18.3 Å². The molecule has 0 amide bonds. The van der Waals surface area contributed by atoms with Crippen LogP contribution < -0.4 is 4.89 Å². The van der Waals surface area contributed by atoms with Gasteiger partial charge in [0.1, 0.15) is 17.5 Å². The molecular weight excluding hydrogens is 385 g/mol. The molecule has 0 saturated carbocycles. The van der Waals surface area contributed by atoms with Gasteiger partial charge < -0.3 is 14.7 Å². The maximum absolute atomic E-state index is 13.8. The monoisotopic (exact) mass is 409 g/mol. The van der Waals surface area contributed by atoms with Crippen LogP contribution in [0.25, 0.3) is 0 Å². The van der Waals surface area contributed by atoms with Crippen molar-refractivity contribution in [3.8, 4) is 5.75 Å². The van der Waals surface area contributed by atoms with Crippen LogP contribution in [-0.2, 0) is 28.1 Å². The van der Waals surface area contributed by atoms with E-state index >= 15 is 0 Å². The quantitative estimate of drug-likeness (QED) is 0.599. The zero-order chi connectivity index (χ0) is 21.0. The van der Waals surface area contributed by atoms with Gasteiger partial charge in [-0.25, -0.2) is 4.39 Å². The Morgan fingerprint density at radius 2 is 2.07 bits per heavy atom. The lowest BCUT2D eigenvalue weighted by Gasteiger charge is -2.30. The lowest BCUT2D eigenvalue weighted by atomic mass is 9.83. The fourth-order valence-electron chi connectivity index (χ4n) is 3.70. The number of rotatable bonds is 7. The summed E-state index contributed by atoms with van der Waals surface area (Å²) < 4.78 is 19.2. The average Bonchev–Trinajstić information content (AvgIpc) is 2.77. The SMILES string of the molecule is CCOCC1Cc2cc(C(O)(Cc3cccc(F)c3)c3ccccn3)ccc2OO1. The van der Waals surface area contributed by atoms with E-state index in [1.807, 2.05) is 19.1 Å². The minimum absolute atomic E-state index is 0.181. The largest absolute Gasteiger partial charge is 0.379 e. The summed E-state index contributed by atoms with van der Waals surface area (Å²) in [6.07, 6.45) is 2.19. The highest BCUT2D eigenvalue weighted by atomic mass is 19.1. The number of aromatic nitrogens is 1. The summed E-state index contributed by atoms with van der Waals surface area (Å²) in [5, 5.41) is 11.8. The van der Waals surface area contributed by atoms with Gasteiger partial charge >= 0.3 is 0 Å². The number of benzene rings is 2. The molecular formula is C24H24FNO4. The second kappa shape index (κ2) is 8.92. The van der Waals surface area contributed by atoms with E-state index in [4.69, 9.17) is 14.5 Å². The van der Waals surface area contributed by atoms with Crippen LogP contribution in [0.4, 0.5) is 4.39 Å². The van der Waals surface area contributed by atoms with Gasteiger partial charge in [0, 0.05) is 31.2 Å². The van der Waals surface area contributed by atoms with Crippen LogP contribution in [0.5, 0.6) is 5.75 Å². The van der Waals surface area contributed by atoms with Gasteiger partial charge in [0.2, 0.25) is 0 Å². The molecule has 0 spiro atoms. The van der Waals surface area contributed by atoms with E-state index in [1.165, 1.54) is 12.1 Å². The molecule has 3 aromatic rings. The van der Waals surface area contributed by atoms with Crippen molar-refractivity contribution in [2.45, 2.75) is 31.5 Å². The van der Waals surface area contributed by atoms with Crippen molar-refractivity contribution in [2.75, 3.05) is 13.2 Å². The molecule has 4 rings (SSSR count). The molecule has 1 aromatic heterocycles. The van der Waals surface area contributed by atoms with Crippen LogP contribution >= 0.6 is 0 Å². The summed E-state index contributed by atoms with van der Waals surface area (Å²) in [5.74, 6) is 0.270. The van der Waals surface area contributed by atoms with E-state index in [1.54, 1.807) is 42.6 Å². The first kappa shape index (κ1) is 20.5. The fourth-order valence-corrected chi connectivity index (χ4v) is 3.70. The van der Waals surface area contributed by atoms with Crippen molar-refractivity contribution in [1.29, 1.82) is 0 Å². The minimum atomic E-state index is -1.43.